The van der Waals surface area contributed by atoms with Crippen LogP contribution in [0.2, 0.25) is 0 Å². The zero-order chi connectivity index (χ0) is 28.1. The van der Waals surface area contributed by atoms with Crippen molar-refractivity contribution in [1.29, 1.82) is 0 Å². The smallest absolute Gasteiger partial charge is 0.343 e. The Balaban J connectivity index is 1.58. The predicted molar refractivity (Wildman–Crippen MR) is 150 cm³/mol. The molecule has 3 aromatic carbocycles. The number of hydrogen-bond donors (Lipinski definition) is 1. The molecule has 1 fully saturated rings. The minimum absolute atomic E-state index is 0.00972. The van der Waals surface area contributed by atoms with E-state index in [1.807, 2.05) is 48.2 Å². The Morgan fingerprint density at radius 2 is 1.43 bits per heavy atom. The summed E-state index contributed by atoms with van der Waals surface area (Å²) in [6, 6.07) is 24.3. The van der Waals surface area contributed by atoms with E-state index in [4.69, 9.17) is 9.47 Å². The summed E-state index contributed by atoms with van der Waals surface area (Å²) in [5.74, 6) is -0.868. The van der Waals surface area contributed by atoms with Gasteiger partial charge < -0.3 is 14.4 Å². The molecule has 1 saturated heterocycles. The lowest BCUT2D eigenvalue weighted by Gasteiger charge is -2.32. The summed E-state index contributed by atoms with van der Waals surface area (Å²) in [4.78, 5) is 28.8. The van der Waals surface area contributed by atoms with Gasteiger partial charge in [-0.15, -0.1) is 0 Å². The molecule has 0 unspecified atom stereocenters. The van der Waals surface area contributed by atoms with Crippen molar-refractivity contribution in [2.45, 2.75) is 24.7 Å². The number of amides is 1. The molecule has 0 atom stereocenters. The fourth-order valence-electron chi connectivity index (χ4n) is 4.85. The SMILES string of the molecule is Cc1ccc(S(=O)(=O)NC(=O)C2=C(N3CCOCC3)/C(=C(\OC(=O)c3ccccc3)c3ccccc3)CC2)cc1. The summed E-state index contributed by atoms with van der Waals surface area (Å²) < 4.78 is 40.0. The third-order valence-corrected chi connectivity index (χ3v) is 8.22. The van der Waals surface area contributed by atoms with Gasteiger partial charge in [-0.05, 0) is 44.0 Å². The fraction of sp³-hybridized carbons (Fsp3) is 0.226. The number of sulfonamides is 1. The molecule has 1 aliphatic heterocycles. The van der Waals surface area contributed by atoms with Crippen LogP contribution in [0, 0.1) is 6.92 Å². The molecule has 40 heavy (non-hydrogen) atoms. The maximum absolute atomic E-state index is 13.6. The molecule has 1 N–H and O–H groups in total. The van der Waals surface area contributed by atoms with Crippen LogP contribution < -0.4 is 4.72 Å². The van der Waals surface area contributed by atoms with Crippen LogP contribution in [0.25, 0.3) is 5.76 Å². The molecule has 0 spiro atoms. The topological polar surface area (TPSA) is 102 Å². The van der Waals surface area contributed by atoms with Crippen LogP contribution in [0.3, 0.4) is 0 Å². The summed E-state index contributed by atoms with van der Waals surface area (Å²) in [5, 5.41) is 0. The van der Waals surface area contributed by atoms with E-state index in [0.717, 1.165) is 5.56 Å². The van der Waals surface area contributed by atoms with Crippen LogP contribution in [0.4, 0.5) is 0 Å². The van der Waals surface area contributed by atoms with Gasteiger partial charge in [0.15, 0.2) is 0 Å². The number of allylic oxidation sites excluding steroid dienone is 1. The number of morpholine rings is 1. The number of carbonyl (C=O) groups is 2. The van der Waals surface area contributed by atoms with E-state index >= 15 is 0 Å². The molecule has 0 aromatic heterocycles. The van der Waals surface area contributed by atoms with Crippen LogP contribution in [0.15, 0.2) is 107 Å². The fourth-order valence-corrected chi connectivity index (χ4v) is 5.83. The average molecular weight is 559 g/mol. The lowest BCUT2D eigenvalue weighted by molar-refractivity contribution is -0.116. The number of nitrogens with zero attached hydrogens (tertiary/aromatic N) is 1. The zero-order valence-electron chi connectivity index (χ0n) is 22.1. The molecule has 9 heteroatoms. The van der Waals surface area contributed by atoms with E-state index < -0.39 is 21.9 Å². The van der Waals surface area contributed by atoms with Crippen molar-refractivity contribution < 1.29 is 27.5 Å². The molecule has 1 aliphatic carbocycles. The third-order valence-electron chi connectivity index (χ3n) is 6.87. The first kappa shape index (κ1) is 27.4. The Bertz CT molecular complexity index is 1560. The Morgan fingerprint density at radius 3 is 2.05 bits per heavy atom. The second kappa shape index (κ2) is 11.9. The lowest BCUT2D eigenvalue weighted by Crippen LogP contribution is -2.38. The van der Waals surface area contributed by atoms with Gasteiger partial charge in [-0.1, -0.05) is 66.2 Å². The van der Waals surface area contributed by atoms with Gasteiger partial charge in [0.05, 0.1) is 29.4 Å². The van der Waals surface area contributed by atoms with Crippen molar-refractivity contribution in [3.63, 3.8) is 0 Å². The normalized spacial score (nSPS) is 17.0. The van der Waals surface area contributed by atoms with Gasteiger partial charge in [-0.25, -0.2) is 17.9 Å². The summed E-state index contributed by atoms with van der Waals surface area (Å²) in [6.07, 6.45) is 0.683. The minimum atomic E-state index is -4.09. The summed E-state index contributed by atoms with van der Waals surface area (Å²) in [5.41, 5.74) is 3.58. The molecule has 0 radical (unpaired) electrons. The van der Waals surface area contributed by atoms with Crippen molar-refractivity contribution in [2.75, 3.05) is 26.3 Å². The maximum Gasteiger partial charge on any atom is 0.343 e. The van der Waals surface area contributed by atoms with Crippen molar-refractivity contribution >= 4 is 27.7 Å². The predicted octanol–water partition coefficient (Wildman–Crippen LogP) is 4.45. The number of carbonyl (C=O) groups excluding carboxylic acids is 2. The van der Waals surface area contributed by atoms with Crippen molar-refractivity contribution in [3.05, 3.63) is 118 Å². The summed E-state index contributed by atoms with van der Waals surface area (Å²) >= 11 is 0. The molecule has 1 amide bonds. The maximum atomic E-state index is 13.6. The lowest BCUT2D eigenvalue weighted by atomic mass is 10.0. The van der Waals surface area contributed by atoms with Gasteiger partial charge >= 0.3 is 5.97 Å². The van der Waals surface area contributed by atoms with Crippen LogP contribution >= 0.6 is 0 Å². The molecule has 8 nitrogen and oxygen atoms in total. The summed E-state index contributed by atoms with van der Waals surface area (Å²) in [6.45, 7) is 3.79. The monoisotopic (exact) mass is 558 g/mol. The molecule has 2 aliphatic rings. The average Bonchev–Trinajstić information content (AvgIpc) is 3.42. The number of benzene rings is 3. The highest BCUT2D eigenvalue weighted by molar-refractivity contribution is 7.90. The number of esters is 1. The number of ether oxygens (including phenoxy) is 2. The second-order valence-corrected chi connectivity index (χ2v) is 11.3. The molecular formula is C31H30N2O6S. The molecular weight excluding hydrogens is 528 g/mol. The van der Waals surface area contributed by atoms with E-state index in [0.29, 0.717) is 66.5 Å². The Kier molecular flexibility index (Phi) is 8.14. The zero-order valence-corrected chi connectivity index (χ0v) is 22.9. The highest BCUT2D eigenvalue weighted by Crippen LogP contribution is 2.40. The molecule has 0 bridgehead atoms. The van der Waals surface area contributed by atoms with Gasteiger partial charge in [-0.3, -0.25) is 4.79 Å². The van der Waals surface area contributed by atoms with Crippen molar-refractivity contribution in [1.82, 2.24) is 9.62 Å². The molecule has 1 heterocycles. The van der Waals surface area contributed by atoms with Gasteiger partial charge in [0.2, 0.25) is 0 Å². The Labute approximate surface area is 234 Å². The number of nitrogens with one attached hydrogen (secondary N) is 1. The highest BCUT2D eigenvalue weighted by atomic mass is 32.2. The minimum Gasteiger partial charge on any atom is -0.422 e. The van der Waals surface area contributed by atoms with E-state index in [1.54, 1.807) is 36.4 Å². The molecule has 3 aromatic rings. The standard InChI is InChI=1S/C31H30N2O6S/c1-22-12-14-25(15-13-22)40(36,37)32-30(34)27-17-16-26(28(27)33-18-20-38-21-19-33)29(23-8-4-2-5-9-23)39-31(35)24-10-6-3-7-11-24/h2-15H,16-21H2,1H3,(H,32,34)/b29-26-. The molecule has 5 rings (SSSR count). The quantitative estimate of drug-likeness (QED) is 0.338. The van der Waals surface area contributed by atoms with Gasteiger partial charge in [0, 0.05) is 29.8 Å². The van der Waals surface area contributed by atoms with Gasteiger partial charge in [0.1, 0.15) is 5.76 Å². The van der Waals surface area contributed by atoms with Gasteiger partial charge in [0.25, 0.3) is 15.9 Å². The summed E-state index contributed by atoms with van der Waals surface area (Å²) in [7, 11) is -4.09. The largest absolute Gasteiger partial charge is 0.422 e. The van der Waals surface area contributed by atoms with Crippen LogP contribution in [-0.4, -0.2) is 51.5 Å². The van der Waals surface area contributed by atoms with E-state index in [9.17, 15) is 18.0 Å². The number of rotatable bonds is 7. The molecule has 206 valence electrons. The van der Waals surface area contributed by atoms with Crippen LogP contribution in [-0.2, 0) is 24.3 Å². The van der Waals surface area contributed by atoms with E-state index in [2.05, 4.69) is 4.72 Å². The Morgan fingerprint density at radius 1 is 0.825 bits per heavy atom. The van der Waals surface area contributed by atoms with Crippen LogP contribution in [0.1, 0.15) is 34.3 Å². The van der Waals surface area contributed by atoms with E-state index in [-0.39, 0.29) is 11.3 Å². The van der Waals surface area contributed by atoms with Crippen molar-refractivity contribution in [3.8, 4) is 0 Å². The Hall–Kier alpha value is -4.21. The number of hydrogen-bond acceptors (Lipinski definition) is 7. The first-order chi connectivity index (χ1) is 19.3. The van der Waals surface area contributed by atoms with Crippen LogP contribution in [0.5, 0.6) is 0 Å². The molecule has 0 saturated carbocycles. The first-order valence-electron chi connectivity index (χ1n) is 13.1. The van der Waals surface area contributed by atoms with E-state index in [1.165, 1.54) is 12.1 Å². The highest BCUT2D eigenvalue weighted by Gasteiger charge is 2.35. The number of aryl methyl sites for hydroxylation is 1. The van der Waals surface area contributed by atoms with Crippen molar-refractivity contribution in [2.24, 2.45) is 0 Å². The second-order valence-electron chi connectivity index (χ2n) is 9.60. The van der Waals surface area contributed by atoms with Gasteiger partial charge in [-0.2, -0.15) is 0 Å². The first-order valence-corrected chi connectivity index (χ1v) is 14.6. The third kappa shape index (κ3) is 6.00.